The van der Waals surface area contributed by atoms with Gasteiger partial charge in [0, 0.05) is 0 Å². The Labute approximate surface area is 162 Å². The average Bonchev–Trinajstić information content (AvgIpc) is 2.73. The van der Waals surface area contributed by atoms with Crippen LogP contribution in [-0.4, -0.2) is 11.1 Å². The van der Waals surface area contributed by atoms with Crippen LogP contribution in [0.4, 0.5) is 0 Å². The van der Waals surface area contributed by atoms with E-state index in [0.29, 0.717) is 0 Å². The second kappa shape index (κ2) is 9.33. The van der Waals surface area contributed by atoms with Gasteiger partial charge in [0.25, 0.3) is 0 Å². The smallest absolute Gasteiger partial charge is 0.478 e. The second-order valence-corrected chi connectivity index (χ2v) is 7.45. The van der Waals surface area contributed by atoms with Gasteiger partial charge in [0.2, 0.25) is 0 Å². The van der Waals surface area contributed by atoms with Crippen molar-refractivity contribution in [2.75, 3.05) is 0 Å². The zero-order valence-corrected chi connectivity index (χ0v) is 15.8. The van der Waals surface area contributed by atoms with Crippen molar-refractivity contribution in [3.05, 3.63) is 102 Å². The number of rotatable bonds is 9. The first-order valence-electron chi connectivity index (χ1n) is 8.55. The standard InChI is InChI=1S/C21H19O6P/c22-21(23)19-13-7-8-14-20(19)27-28(24,25-15-17-9-3-1-4-10-17)26-16-18-11-5-2-6-12-18/h1-14H,15-16H2,(H,22,23). The largest absolute Gasteiger partial charge is 0.530 e. The molecule has 6 nitrogen and oxygen atoms in total. The molecule has 0 amide bonds. The normalized spacial score (nSPS) is 11.1. The Balaban J connectivity index is 1.81. The third-order valence-electron chi connectivity index (χ3n) is 3.79. The van der Waals surface area contributed by atoms with Crippen LogP contribution in [0.1, 0.15) is 21.5 Å². The Kier molecular flexibility index (Phi) is 6.61. The van der Waals surface area contributed by atoms with E-state index in [0.717, 1.165) is 11.1 Å². The topological polar surface area (TPSA) is 82.1 Å². The molecule has 0 atom stereocenters. The van der Waals surface area contributed by atoms with Crippen LogP contribution in [0.25, 0.3) is 0 Å². The molecule has 0 radical (unpaired) electrons. The number of aromatic carboxylic acids is 1. The molecule has 3 aromatic rings. The molecule has 7 heteroatoms. The van der Waals surface area contributed by atoms with Crippen molar-refractivity contribution in [3.63, 3.8) is 0 Å². The van der Waals surface area contributed by atoms with E-state index in [2.05, 4.69) is 0 Å². The maximum Gasteiger partial charge on any atom is 0.530 e. The molecule has 0 aliphatic heterocycles. The number of benzene rings is 3. The van der Waals surface area contributed by atoms with Gasteiger partial charge in [-0.1, -0.05) is 72.8 Å². The molecule has 0 aliphatic rings. The first-order valence-corrected chi connectivity index (χ1v) is 10.0. The van der Waals surface area contributed by atoms with Crippen LogP contribution in [0.15, 0.2) is 84.9 Å². The predicted molar refractivity (Wildman–Crippen MR) is 104 cm³/mol. The summed E-state index contributed by atoms with van der Waals surface area (Å²) in [4.78, 5) is 11.4. The fourth-order valence-corrected chi connectivity index (χ4v) is 3.58. The van der Waals surface area contributed by atoms with Crippen LogP contribution < -0.4 is 4.52 Å². The highest BCUT2D eigenvalue weighted by atomic mass is 31.2. The van der Waals surface area contributed by atoms with Crippen molar-refractivity contribution in [1.82, 2.24) is 0 Å². The summed E-state index contributed by atoms with van der Waals surface area (Å²) in [6.07, 6.45) is 0. The second-order valence-electron chi connectivity index (χ2n) is 5.86. The molecule has 0 spiro atoms. The molecule has 3 aromatic carbocycles. The van der Waals surface area contributed by atoms with Gasteiger partial charge in [-0.05, 0) is 23.3 Å². The van der Waals surface area contributed by atoms with Crippen molar-refractivity contribution in [3.8, 4) is 5.75 Å². The number of carboxylic acids is 1. The van der Waals surface area contributed by atoms with Gasteiger partial charge in [-0.15, -0.1) is 0 Å². The quantitative estimate of drug-likeness (QED) is 0.492. The molecule has 0 saturated carbocycles. The minimum absolute atomic E-state index is 0.0118. The summed E-state index contributed by atoms with van der Waals surface area (Å²) in [5, 5.41) is 9.33. The Hall–Kier alpha value is -2.92. The van der Waals surface area contributed by atoms with Gasteiger partial charge >= 0.3 is 13.8 Å². The summed E-state index contributed by atoms with van der Waals surface area (Å²) < 4.78 is 29.7. The minimum atomic E-state index is -4.10. The third kappa shape index (κ3) is 5.54. The van der Waals surface area contributed by atoms with Crippen LogP contribution in [0.2, 0.25) is 0 Å². The van der Waals surface area contributed by atoms with E-state index < -0.39 is 13.8 Å². The highest BCUT2D eigenvalue weighted by Crippen LogP contribution is 2.51. The molecule has 1 N–H and O–H groups in total. The maximum absolute atomic E-state index is 13.2. The van der Waals surface area contributed by atoms with Crippen molar-refractivity contribution in [2.45, 2.75) is 13.2 Å². The zero-order valence-electron chi connectivity index (χ0n) is 14.9. The molecule has 0 unspecified atom stereocenters. The van der Waals surface area contributed by atoms with Crippen LogP contribution in [-0.2, 0) is 26.8 Å². The van der Waals surface area contributed by atoms with Crippen LogP contribution in [0.5, 0.6) is 5.75 Å². The zero-order chi connectivity index (χ0) is 19.8. The van der Waals surface area contributed by atoms with Gasteiger partial charge in [-0.25, -0.2) is 9.36 Å². The van der Waals surface area contributed by atoms with E-state index in [4.69, 9.17) is 13.6 Å². The molecular formula is C21H19O6P. The summed E-state index contributed by atoms with van der Waals surface area (Å²) in [7, 11) is -4.10. The van der Waals surface area contributed by atoms with Crippen molar-refractivity contribution < 1.29 is 28.0 Å². The Morgan fingerprint density at radius 2 is 1.21 bits per heavy atom. The lowest BCUT2D eigenvalue weighted by Crippen LogP contribution is -2.06. The van der Waals surface area contributed by atoms with Crippen LogP contribution in [0, 0.1) is 0 Å². The number of phosphoric acid groups is 1. The number of para-hydroxylation sites is 1. The molecule has 28 heavy (non-hydrogen) atoms. The fourth-order valence-electron chi connectivity index (χ4n) is 2.39. The number of carbonyl (C=O) groups is 1. The molecule has 3 rings (SSSR count). The van der Waals surface area contributed by atoms with E-state index in [9.17, 15) is 14.5 Å². The Morgan fingerprint density at radius 3 is 1.71 bits per heavy atom. The average molecular weight is 398 g/mol. The molecule has 0 saturated heterocycles. The minimum Gasteiger partial charge on any atom is -0.478 e. The van der Waals surface area contributed by atoms with Gasteiger partial charge in [0.1, 0.15) is 11.3 Å². The first kappa shape index (κ1) is 19.8. The lowest BCUT2D eigenvalue weighted by Gasteiger charge is -2.19. The van der Waals surface area contributed by atoms with Crippen LogP contribution in [0.3, 0.4) is 0 Å². The van der Waals surface area contributed by atoms with E-state index >= 15 is 0 Å². The van der Waals surface area contributed by atoms with Gasteiger partial charge < -0.3 is 9.63 Å². The highest BCUT2D eigenvalue weighted by Gasteiger charge is 2.31. The summed E-state index contributed by atoms with van der Waals surface area (Å²) in [6.45, 7) is -0.0235. The van der Waals surface area contributed by atoms with Gasteiger partial charge in [0.15, 0.2) is 0 Å². The highest BCUT2D eigenvalue weighted by molar-refractivity contribution is 7.48. The molecule has 0 aromatic heterocycles. The Bertz CT molecular complexity index is 911. The van der Waals surface area contributed by atoms with Crippen molar-refractivity contribution >= 4 is 13.8 Å². The molecule has 144 valence electrons. The first-order chi connectivity index (χ1) is 13.6. The van der Waals surface area contributed by atoms with Crippen molar-refractivity contribution in [1.29, 1.82) is 0 Å². The monoisotopic (exact) mass is 398 g/mol. The molecular weight excluding hydrogens is 379 g/mol. The summed E-state index contributed by atoms with van der Waals surface area (Å²) in [5.41, 5.74) is 1.43. The van der Waals surface area contributed by atoms with E-state index in [-0.39, 0.29) is 24.5 Å². The summed E-state index contributed by atoms with van der Waals surface area (Å²) in [6, 6.07) is 24.2. The van der Waals surface area contributed by atoms with E-state index in [1.165, 1.54) is 12.1 Å². The lowest BCUT2D eigenvalue weighted by atomic mass is 10.2. The van der Waals surface area contributed by atoms with E-state index in [1.54, 1.807) is 12.1 Å². The number of hydrogen-bond donors (Lipinski definition) is 1. The lowest BCUT2D eigenvalue weighted by molar-refractivity contribution is 0.0693. The number of phosphoric ester groups is 1. The molecule has 0 aliphatic carbocycles. The van der Waals surface area contributed by atoms with Gasteiger partial charge in [-0.3, -0.25) is 9.05 Å². The number of hydrogen-bond acceptors (Lipinski definition) is 5. The van der Waals surface area contributed by atoms with Crippen LogP contribution >= 0.6 is 7.82 Å². The predicted octanol–water partition coefficient (Wildman–Crippen LogP) is 5.31. The molecule has 0 fully saturated rings. The molecule has 0 bridgehead atoms. The fraction of sp³-hybridized carbons (Fsp3) is 0.0952. The van der Waals surface area contributed by atoms with Gasteiger partial charge in [-0.2, -0.15) is 0 Å². The molecule has 0 heterocycles. The van der Waals surface area contributed by atoms with Crippen molar-refractivity contribution in [2.24, 2.45) is 0 Å². The number of carboxylic acid groups (broad SMARTS) is 1. The Morgan fingerprint density at radius 1 is 0.750 bits per heavy atom. The third-order valence-corrected chi connectivity index (χ3v) is 5.10. The maximum atomic E-state index is 13.2. The summed E-state index contributed by atoms with van der Waals surface area (Å²) >= 11 is 0. The SMILES string of the molecule is O=C(O)c1ccccc1OP(=O)(OCc1ccccc1)OCc1ccccc1. The van der Waals surface area contributed by atoms with Gasteiger partial charge in [0.05, 0.1) is 13.2 Å². The van der Waals surface area contributed by atoms with E-state index in [1.807, 2.05) is 60.7 Å². The summed E-state index contributed by atoms with van der Waals surface area (Å²) in [5.74, 6) is -1.28.